The van der Waals surface area contributed by atoms with Gasteiger partial charge in [-0.25, -0.2) is 0 Å². The molecule has 0 bridgehead atoms. The third-order valence-corrected chi connectivity index (χ3v) is 4.81. The van der Waals surface area contributed by atoms with E-state index in [1.807, 2.05) is 54.6 Å². The van der Waals surface area contributed by atoms with E-state index in [2.05, 4.69) is 70.9 Å². The van der Waals surface area contributed by atoms with E-state index in [1.165, 1.54) is 0 Å². The molecule has 5 aromatic rings. The predicted octanol–water partition coefficient (Wildman–Crippen LogP) is 7.65. The number of nitrogens with zero attached hydrogens (tertiary/aromatic N) is 1. The molecule has 5 rings (SSSR count). The molecule has 0 radical (unpaired) electrons. The summed E-state index contributed by atoms with van der Waals surface area (Å²) in [6.07, 6.45) is 0. The highest BCUT2D eigenvalue weighted by Crippen LogP contribution is 2.38. The Morgan fingerprint density at radius 1 is 0.552 bits per heavy atom. The Morgan fingerprint density at radius 3 is 2.00 bits per heavy atom. The summed E-state index contributed by atoms with van der Waals surface area (Å²) in [5.74, 6) is 0.786. The van der Waals surface area contributed by atoms with Gasteiger partial charge in [0.15, 0.2) is 0 Å². The zero-order chi connectivity index (χ0) is 19.5. The van der Waals surface area contributed by atoms with Crippen molar-refractivity contribution in [3.8, 4) is 0 Å². The van der Waals surface area contributed by atoms with E-state index in [-0.39, 0.29) is 0 Å². The number of anilines is 5. The lowest BCUT2D eigenvalue weighted by molar-refractivity contribution is 0.621. The predicted molar refractivity (Wildman–Crippen MR) is 121 cm³/mol. The van der Waals surface area contributed by atoms with Crippen molar-refractivity contribution < 1.29 is 4.42 Å². The number of hydrogen-bond acceptors (Lipinski definition) is 3. The normalized spacial score (nSPS) is 10.8. The van der Waals surface area contributed by atoms with Gasteiger partial charge in [0.05, 0.1) is 5.69 Å². The number of hydrogen-bond donors (Lipinski definition) is 1. The lowest BCUT2D eigenvalue weighted by Crippen LogP contribution is -2.09. The topological polar surface area (TPSA) is 28.4 Å². The smallest absolute Gasteiger partial charge is 0.205 e. The van der Waals surface area contributed by atoms with Gasteiger partial charge in [-0.1, -0.05) is 60.7 Å². The van der Waals surface area contributed by atoms with E-state index in [0.29, 0.717) is 0 Å². The molecule has 3 nitrogen and oxygen atoms in total. The van der Waals surface area contributed by atoms with Crippen molar-refractivity contribution in [2.24, 2.45) is 0 Å². The van der Waals surface area contributed by atoms with Crippen molar-refractivity contribution >= 4 is 39.6 Å². The van der Waals surface area contributed by atoms with Crippen molar-refractivity contribution in [3.63, 3.8) is 0 Å². The molecule has 1 N–H and O–H groups in total. The minimum absolute atomic E-state index is 0.786. The molecular formula is C26H20N2O. The third-order valence-electron chi connectivity index (χ3n) is 4.81. The lowest BCUT2D eigenvalue weighted by atomic mass is 10.2. The van der Waals surface area contributed by atoms with Gasteiger partial charge in [-0.2, -0.15) is 0 Å². The Kier molecular flexibility index (Phi) is 4.47. The molecule has 0 saturated carbocycles. The van der Waals surface area contributed by atoms with E-state index >= 15 is 0 Å². The van der Waals surface area contributed by atoms with Crippen LogP contribution in [0.1, 0.15) is 0 Å². The summed E-state index contributed by atoms with van der Waals surface area (Å²) in [4.78, 5) is 2.14. The summed E-state index contributed by atoms with van der Waals surface area (Å²) in [5.41, 5.74) is 5.02. The number of rotatable bonds is 5. The van der Waals surface area contributed by atoms with Gasteiger partial charge in [0.25, 0.3) is 0 Å². The molecule has 140 valence electrons. The second-order valence-corrected chi connectivity index (χ2v) is 6.83. The van der Waals surface area contributed by atoms with E-state index in [1.54, 1.807) is 0 Å². The van der Waals surface area contributed by atoms with Crippen molar-refractivity contribution in [2.75, 3.05) is 10.2 Å². The van der Waals surface area contributed by atoms with E-state index < -0.39 is 0 Å². The van der Waals surface area contributed by atoms with Gasteiger partial charge in [0, 0.05) is 28.5 Å². The molecule has 0 unspecified atom stereocenters. The molecule has 0 aliphatic carbocycles. The van der Waals surface area contributed by atoms with Gasteiger partial charge in [0.1, 0.15) is 5.58 Å². The standard InChI is InChI=1S/C26H20N2O/c1-3-11-21(12-4-1)27-22-13-9-16-24(19-22)28(23-14-5-2-6-15-23)26-18-20-10-7-8-17-25(20)29-26/h1-19,27H. The van der Waals surface area contributed by atoms with Crippen LogP contribution in [0.4, 0.5) is 28.6 Å². The lowest BCUT2D eigenvalue weighted by Gasteiger charge is -2.23. The fourth-order valence-corrected chi connectivity index (χ4v) is 3.47. The molecule has 0 aliphatic heterocycles. The van der Waals surface area contributed by atoms with Crippen molar-refractivity contribution in [1.82, 2.24) is 0 Å². The van der Waals surface area contributed by atoms with Crippen LogP contribution in [0.2, 0.25) is 0 Å². The molecule has 0 spiro atoms. The van der Waals surface area contributed by atoms with Crippen LogP contribution >= 0.6 is 0 Å². The number of benzene rings is 4. The molecule has 3 heteroatoms. The number of para-hydroxylation sites is 3. The van der Waals surface area contributed by atoms with Crippen LogP contribution in [-0.2, 0) is 0 Å². The maximum absolute atomic E-state index is 6.20. The molecule has 1 aromatic heterocycles. The Balaban J connectivity index is 1.59. The minimum Gasteiger partial charge on any atom is -0.440 e. The quantitative estimate of drug-likeness (QED) is 0.341. The summed E-state index contributed by atoms with van der Waals surface area (Å²) in [7, 11) is 0. The van der Waals surface area contributed by atoms with Crippen LogP contribution < -0.4 is 10.2 Å². The molecular weight excluding hydrogens is 356 g/mol. The fraction of sp³-hybridized carbons (Fsp3) is 0. The molecule has 0 fully saturated rings. The summed E-state index contributed by atoms with van der Waals surface area (Å²) in [6, 6.07) is 39.0. The Morgan fingerprint density at radius 2 is 1.21 bits per heavy atom. The average Bonchev–Trinajstić information content (AvgIpc) is 3.19. The largest absolute Gasteiger partial charge is 0.440 e. The molecule has 0 atom stereocenters. The highest BCUT2D eigenvalue weighted by atomic mass is 16.4. The number of furan rings is 1. The van der Waals surface area contributed by atoms with Crippen LogP contribution in [0.15, 0.2) is 120 Å². The molecule has 1 heterocycles. The molecule has 4 aromatic carbocycles. The Labute approximate surface area is 169 Å². The second-order valence-electron chi connectivity index (χ2n) is 6.83. The highest BCUT2D eigenvalue weighted by molar-refractivity contribution is 5.85. The number of nitrogens with one attached hydrogen (secondary N) is 1. The van der Waals surface area contributed by atoms with Gasteiger partial charge in [0.2, 0.25) is 5.88 Å². The first-order valence-electron chi connectivity index (χ1n) is 9.63. The van der Waals surface area contributed by atoms with E-state index in [0.717, 1.165) is 39.6 Å². The van der Waals surface area contributed by atoms with Crippen molar-refractivity contribution in [2.45, 2.75) is 0 Å². The van der Waals surface area contributed by atoms with E-state index in [4.69, 9.17) is 4.42 Å². The Bertz CT molecular complexity index is 1200. The monoisotopic (exact) mass is 376 g/mol. The van der Waals surface area contributed by atoms with Gasteiger partial charge in [-0.15, -0.1) is 0 Å². The van der Waals surface area contributed by atoms with Crippen LogP contribution in [0.5, 0.6) is 0 Å². The van der Waals surface area contributed by atoms with Gasteiger partial charge in [-0.3, -0.25) is 4.90 Å². The molecule has 0 amide bonds. The fourth-order valence-electron chi connectivity index (χ4n) is 3.47. The maximum Gasteiger partial charge on any atom is 0.205 e. The molecule has 0 aliphatic rings. The van der Waals surface area contributed by atoms with Gasteiger partial charge >= 0.3 is 0 Å². The van der Waals surface area contributed by atoms with Crippen molar-refractivity contribution in [3.05, 3.63) is 115 Å². The second kappa shape index (κ2) is 7.56. The third kappa shape index (κ3) is 3.58. The Hall–Kier alpha value is -3.98. The molecule has 29 heavy (non-hydrogen) atoms. The molecule has 0 saturated heterocycles. The van der Waals surface area contributed by atoms with Gasteiger partial charge < -0.3 is 9.73 Å². The number of fused-ring (bicyclic) bond motifs is 1. The van der Waals surface area contributed by atoms with Gasteiger partial charge in [-0.05, 0) is 48.5 Å². The van der Waals surface area contributed by atoms with Crippen LogP contribution in [0, 0.1) is 0 Å². The first kappa shape index (κ1) is 17.1. The van der Waals surface area contributed by atoms with Crippen LogP contribution in [0.3, 0.4) is 0 Å². The van der Waals surface area contributed by atoms with E-state index in [9.17, 15) is 0 Å². The SMILES string of the molecule is c1ccc(Nc2cccc(N(c3ccccc3)c3cc4ccccc4o3)c2)cc1. The summed E-state index contributed by atoms with van der Waals surface area (Å²) in [6.45, 7) is 0. The maximum atomic E-state index is 6.20. The van der Waals surface area contributed by atoms with Crippen LogP contribution in [-0.4, -0.2) is 0 Å². The van der Waals surface area contributed by atoms with Crippen molar-refractivity contribution in [1.29, 1.82) is 0 Å². The zero-order valence-corrected chi connectivity index (χ0v) is 15.8. The zero-order valence-electron chi connectivity index (χ0n) is 15.8. The summed E-state index contributed by atoms with van der Waals surface area (Å²) < 4.78 is 6.20. The average molecular weight is 376 g/mol. The first-order chi connectivity index (χ1) is 14.4. The first-order valence-corrected chi connectivity index (χ1v) is 9.63. The van der Waals surface area contributed by atoms with Crippen LogP contribution in [0.25, 0.3) is 11.0 Å². The highest BCUT2D eigenvalue weighted by Gasteiger charge is 2.17. The summed E-state index contributed by atoms with van der Waals surface area (Å²) in [5, 5.41) is 4.56. The summed E-state index contributed by atoms with van der Waals surface area (Å²) >= 11 is 0. The minimum atomic E-state index is 0.786.